The molecule has 0 radical (unpaired) electrons. The maximum absolute atomic E-state index is 13.3. The minimum atomic E-state index is -0.421. The molecular formula is C20H23N3O. The molecule has 0 spiro atoms. The summed E-state index contributed by atoms with van der Waals surface area (Å²) in [4.78, 5) is 13.3. The monoisotopic (exact) mass is 321 g/mol. The highest BCUT2D eigenvalue weighted by atomic mass is 16.1. The molecule has 4 heteroatoms. The zero-order valence-electron chi connectivity index (χ0n) is 14.4. The lowest BCUT2D eigenvalue weighted by Gasteiger charge is -2.47. The molecule has 4 nitrogen and oxygen atoms in total. The summed E-state index contributed by atoms with van der Waals surface area (Å²) in [5.74, 6) is 0.662. The maximum atomic E-state index is 13.3. The summed E-state index contributed by atoms with van der Waals surface area (Å²) in [5, 5.41) is 12.1. The molecular weight excluding hydrogens is 298 g/mol. The molecule has 0 fully saturated rings. The van der Waals surface area contributed by atoms with Crippen molar-refractivity contribution in [3.05, 3.63) is 58.9 Å². The number of Topliss-reactive ketones (excluding diaryl/α,β-unsaturated/α-hetero) is 1. The number of hydrogen-bond donors (Lipinski definition) is 1. The van der Waals surface area contributed by atoms with Gasteiger partial charge in [0, 0.05) is 22.8 Å². The number of carbonyl (C=O) groups excluding carboxylic acids is 1. The van der Waals surface area contributed by atoms with Gasteiger partial charge in [-0.15, -0.1) is 0 Å². The van der Waals surface area contributed by atoms with Gasteiger partial charge in [0.25, 0.3) is 0 Å². The van der Waals surface area contributed by atoms with Gasteiger partial charge in [0.2, 0.25) is 0 Å². The van der Waals surface area contributed by atoms with Crippen LogP contribution in [0.4, 0.5) is 0 Å². The molecule has 24 heavy (non-hydrogen) atoms. The largest absolute Gasteiger partial charge is 0.362 e. The molecule has 1 aromatic rings. The number of hydrogen-bond acceptors (Lipinski definition) is 4. The van der Waals surface area contributed by atoms with Crippen LogP contribution < -0.4 is 5.32 Å². The third-order valence-electron chi connectivity index (χ3n) is 5.85. The second-order valence-corrected chi connectivity index (χ2v) is 7.18. The van der Waals surface area contributed by atoms with E-state index in [1.807, 2.05) is 24.4 Å². The SMILES string of the molecule is CC[C@]1(c2ccccc2)C2=CN=NC2NC2=C1C(=O)[C@@H](C)C[C@H]2C. The van der Waals surface area contributed by atoms with Crippen LogP contribution in [-0.2, 0) is 10.2 Å². The maximum Gasteiger partial charge on any atom is 0.164 e. The Morgan fingerprint density at radius 2 is 1.96 bits per heavy atom. The van der Waals surface area contributed by atoms with E-state index in [2.05, 4.69) is 48.4 Å². The Hall–Kier alpha value is -2.23. The molecule has 1 aromatic carbocycles. The molecule has 1 N–H and O–H groups in total. The molecule has 3 aliphatic rings. The molecule has 0 saturated carbocycles. The van der Waals surface area contributed by atoms with Gasteiger partial charge in [-0.05, 0) is 24.3 Å². The lowest BCUT2D eigenvalue weighted by molar-refractivity contribution is -0.120. The van der Waals surface area contributed by atoms with Crippen LogP contribution in [0.3, 0.4) is 0 Å². The van der Waals surface area contributed by atoms with Crippen molar-refractivity contribution in [2.75, 3.05) is 0 Å². The van der Waals surface area contributed by atoms with Gasteiger partial charge in [-0.3, -0.25) is 4.79 Å². The van der Waals surface area contributed by atoms with E-state index in [9.17, 15) is 4.79 Å². The predicted octanol–water partition coefficient (Wildman–Crippen LogP) is 4.11. The topological polar surface area (TPSA) is 53.8 Å². The lowest BCUT2D eigenvalue weighted by atomic mass is 9.59. The number of rotatable bonds is 2. The number of allylic oxidation sites excluding steroid dienone is 2. The molecule has 0 bridgehead atoms. The number of nitrogens with one attached hydrogen (secondary N) is 1. The molecule has 1 aliphatic carbocycles. The summed E-state index contributed by atoms with van der Waals surface area (Å²) in [6, 6.07) is 10.4. The molecule has 2 aliphatic heterocycles. The first kappa shape index (κ1) is 15.3. The third kappa shape index (κ3) is 1.89. The summed E-state index contributed by atoms with van der Waals surface area (Å²) in [6.45, 7) is 6.42. The van der Waals surface area contributed by atoms with Crippen LogP contribution in [0.2, 0.25) is 0 Å². The van der Waals surface area contributed by atoms with Crippen LogP contribution in [0.5, 0.6) is 0 Å². The van der Waals surface area contributed by atoms with Gasteiger partial charge in [0.15, 0.2) is 11.9 Å². The van der Waals surface area contributed by atoms with Crippen molar-refractivity contribution in [3.8, 4) is 0 Å². The van der Waals surface area contributed by atoms with E-state index in [0.29, 0.717) is 5.92 Å². The Morgan fingerprint density at radius 3 is 2.67 bits per heavy atom. The number of carbonyl (C=O) groups is 1. The average molecular weight is 321 g/mol. The van der Waals surface area contributed by atoms with E-state index in [1.165, 1.54) is 5.56 Å². The van der Waals surface area contributed by atoms with Crippen LogP contribution in [0.25, 0.3) is 0 Å². The zero-order chi connectivity index (χ0) is 16.9. The quantitative estimate of drug-likeness (QED) is 0.891. The van der Waals surface area contributed by atoms with Gasteiger partial charge >= 0.3 is 0 Å². The minimum absolute atomic E-state index is 0.0580. The van der Waals surface area contributed by atoms with E-state index in [-0.39, 0.29) is 17.9 Å². The van der Waals surface area contributed by atoms with Gasteiger partial charge in [-0.2, -0.15) is 10.2 Å². The Kier molecular flexibility index (Phi) is 3.44. The number of nitrogens with zero attached hydrogens (tertiary/aromatic N) is 2. The smallest absolute Gasteiger partial charge is 0.164 e. The molecule has 0 amide bonds. The van der Waals surface area contributed by atoms with E-state index in [0.717, 1.165) is 29.7 Å². The van der Waals surface area contributed by atoms with E-state index < -0.39 is 5.41 Å². The molecule has 0 saturated heterocycles. The second-order valence-electron chi connectivity index (χ2n) is 7.18. The number of fused-ring (bicyclic) bond motifs is 1. The number of benzene rings is 1. The van der Waals surface area contributed by atoms with Gasteiger partial charge in [-0.1, -0.05) is 51.1 Å². The van der Waals surface area contributed by atoms with Crippen molar-refractivity contribution in [1.82, 2.24) is 5.32 Å². The van der Waals surface area contributed by atoms with Crippen LogP contribution >= 0.6 is 0 Å². The highest BCUT2D eigenvalue weighted by molar-refractivity contribution is 6.02. The van der Waals surface area contributed by atoms with Crippen molar-refractivity contribution in [1.29, 1.82) is 0 Å². The van der Waals surface area contributed by atoms with Gasteiger partial charge in [0.05, 0.1) is 11.6 Å². The fourth-order valence-corrected chi connectivity index (χ4v) is 4.69. The van der Waals surface area contributed by atoms with Crippen LogP contribution in [0.15, 0.2) is 63.6 Å². The Morgan fingerprint density at radius 1 is 1.21 bits per heavy atom. The van der Waals surface area contributed by atoms with E-state index in [1.54, 1.807) is 0 Å². The standard InChI is InChI=1S/C20H23N3O/c1-4-20(14-8-6-5-7-9-14)15-11-21-23-19(15)22-17-12(2)10-13(3)18(24)16(17)20/h5-9,11-13,19,22H,4,10H2,1-3H3/t12-,13+,19?,20+/m1/s1. The summed E-state index contributed by atoms with van der Waals surface area (Å²) in [7, 11) is 0. The lowest BCUT2D eigenvalue weighted by Crippen LogP contribution is -2.52. The summed E-state index contributed by atoms with van der Waals surface area (Å²) in [6.07, 6.45) is 3.43. The Balaban J connectivity index is 2.03. The summed E-state index contributed by atoms with van der Waals surface area (Å²) >= 11 is 0. The van der Waals surface area contributed by atoms with Crippen molar-refractivity contribution >= 4 is 5.78 Å². The first-order valence-electron chi connectivity index (χ1n) is 8.81. The van der Waals surface area contributed by atoms with Crippen LogP contribution in [-0.4, -0.2) is 11.9 Å². The molecule has 1 unspecified atom stereocenters. The molecule has 4 rings (SSSR count). The number of ketones is 1. The molecule has 124 valence electrons. The Bertz CT molecular complexity index is 777. The highest BCUT2D eigenvalue weighted by Crippen LogP contribution is 2.52. The summed E-state index contributed by atoms with van der Waals surface area (Å²) in [5.41, 5.74) is 3.86. The zero-order valence-corrected chi connectivity index (χ0v) is 14.4. The van der Waals surface area contributed by atoms with Crippen molar-refractivity contribution in [3.63, 3.8) is 0 Å². The van der Waals surface area contributed by atoms with Crippen molar-refractivity contribution in [2.45, 2.75) is 45.2 Å². The van der Waals surface area contributed by atoms with Gasteiger partial charge in [0.1, 0.15) is 0 Å². The fourth-order valence-electron chi connectivity index (χ4n) is 4.69. The van der Waals surface area contributed by atoms with Crippen LogP contribution in [0.1, 0.15) is 39.2 Å². The summed E-state index contributed by atoms with van der Waals surface area (Å²) < 4.78 is 0. The fraction of sp³-hybridized carbons (Fsp3) is 0.450. The minimum Gasteiger partial charge on any atom is -0.362 e. The predicted molar refractivity (Wildman–Crippen MR) is 93.3 cm³/mol. The first-order valence-corrected chi connectivity index (χ1v) is 8.81. The molecule has 4 atom stereocenters. The molecule has 2 heterocycles. The van der Waals surface area contributed by atoms with E-state index >= 15 is 0 Å². The van der Waals surface area contributed by atoms with Crippen molar-refractivity contribution < 1.29 is 4.79 Å². The molecule has 0 aromatic heterocycles. The van der Waals surface area contributed by atoms with E-state index in [4.69, 9.17) is 0 Å². The van der Waals surface area contributed by atoms with Crippen molar-refractivity contribution in [2.24, 2.45) is 22.1 Å². The average Bonchev–Trinajstić information content (AvgIpc) is 3.07. The Labute approximate surface area is 142 Å². The number of azo groups is 1. The third-order valence-corrected chi connectivity index (χ3v) is 5.85. The highest BCUT2D eigenvalue weighted by Gasteiger charge is 2.53. The second kappa shape index (κ2) is 5.40. The first-order chi connectivity index (χ1) is 11.6. The van der Waals surface area contributed by atoms with Gasteiger partial charge in [-0.25, -0.2) is 0 Å². The van der Waals surface area contributed by atoms with Gasteiger partial charge < -0.3 is 5.32 Å². The normalized spacial score (nSPS) is 34.5. The van der Waals surface area contributed by atoms with Crippen LogP contribution in [0, 0.1) is 11.8 Å².